The second kappa shape index (κ2) is 10.1. The average Bonchev–Trinajstić information content (AvgIpc) is 2.87. The first kappa shape index (κ1) is 23.4. The summed E-state index contributed by atoms with van der Waals surface area (Å²) in [6.45, 7) is 0. The zero-order valence-corrected chi connectivity index (χ0v) is 20.5. The summed E-state index contributed by atoms with van der Waals surface area (Å²) in [5.74, 6) is 1.37. The third-order valence-electron chi connectivity index (χ3n) is 7.69. The van der Waals surface area contributed by atoms with E-state index in [-0.39, 0.29) is 0 Å². The molecule has 0 aliphatic heterocycles. The molecular formula is C29H34O4S. The second-order valence-corrected chi connectivity index (χ2v) is 11.4. The lowest BCUT2D eigenvalue weighted by molar-refractivity contribution is 0.251. The van der Waals surface area contributed by atoms with Crippen LogP contribution < -0.4 is 4.74 Å². The van der Waals surface area contributed by atoms with Gasteiger partial charge < -0.3 is 4.74 Å². The molecule has 1 unspecified atom stereocenters. The number of hydrogen-bond acceptors (Lipinski definition) is 3. The van der Waals surface area contributed by atoms with E-state index in [0.29, 0.717) is 23.1 Å². The minimum Gasteiger partial charge on any atom is -0.467 e. The zero-order chi connectivity index (χ0) is 23.5. The summed E-state index contributed by atoms with van der Waals surface area (Å²) in [5.41, 5.74) is 1.26. The Morgan fingerprint density at radius 2 is 1.35 bits per heavy atom. The van der Waals surface area contributed by atoms with Crippen molar-refractivity contribution in [2.24, 2.45) is 0 Å². The van der Waals surface area contributed by atoms with Crippen LogP contribution in [-0.2, 0) is 10.1 Å². The number of hydrogen-bond donors (Lipinski definition) is 1. The van der Waals surface area contributed by atoms with Gasteiger partial charge in [-0.2, -0.15) is 8.42 Å². The molecule has 0 aromatic heterocycles. The molecule has 0 spiro atoms. The Morgan fingerprint density at radius 1 is 0.765 bits per heavy atom. The van der Waals surface area contributed by atoms with Gasteiger partial charge in [0.15, 0.2) is 0 Å². The SMILES string of the molecule is O=S(=O)(O)C(Oc1c(C2CCCCC2)cc2ccccc2c1C1CCCCC1)c1ccccc1. The topological polar surface area (TPSA) is 63.6 Å². The summed E-state index contributed by atoms with van der Waals surface area (Å²) in [6, 6.07) is 19.5. The summed E-state index contributed by atoms with van der Waals surface area (Å²) in [4.78, 5) is 0. The van der Waals surface area contributed by atoms with Gasteiger partial charge in [-0.3, -0.25) is 4.55 Å². The maximum atomic E-state index is 12.6. The van der Waals surface area contributed by atoms with Crippen molar-refractivity contribution in [1.29, 1.82) is 0 Å². The smallest absolute Gasteiger partial charge is 0.307 e. The van der Waals surface area contributed by atoms with Crippen molar-refractivity contribution in [2.75, 3.05) is 0 Å². The second-order valence-electron chi connectivity index (χ2n) is 9.98. The molecule has 0 radical (unpaired) electrons. The molecule has 0 saturated heterocycles. The third-order valence-corrected chi connectivity index (χ3v) is 8.60. The van der Waals surface area contributed by atoms with Crippen LogP contribution in [0.25, 0.3) is 10.8 Å². The van der Waals surface area contributed by atoms with Crippen molar-refractivity contribution in [1.82, 2.24) is 0 Å². The van der Waals surface area contributed by atoms with Gasteiger partial charge in [0.1, 0.15) is 5.75 Å². The first-order valence-electron chi connectivity index (χ1n) is 12.8. The molecule has 1 N–H and O–H groups in total. The molecule has 3 aromatic rings. The van der Waals surface area contributed by atoms with E-state index in [1.165, 1.54) is 43.9 Å². The van der Waals surface area contributed by atoms with Crippen LogP contribution in [0.5, 0.6) is 5.75 Å². The Bertz CT molecular complexity index is 1220. The highest BCUT2D eigenvalue weighted by atomic mass is 32.2. The van der Waals surface area contributed by atoms with Crippen molar-refractivity contribution in [3.05, 3.63) is 77.4 Å². The molecule has 180 valence electrons. The van der Waals surface area contributed by atoms with Crippen LogP contribution >= 0.6 is 0 Å². The first-order chi connectivity index (χ1) is 16.5. The van der Waals surface area contributed by atoms with E-state index in [4.69, 9.17) is 4.74 Å². The molecule has 1 atom stereocenters. The summed E-state index contributed by atoms with van der Waals surface area (Å²) < 4.78 is 42.0. The van der Waals surface area contributed by atoms with E-state index in [2.05, 4.69) is 30.3 Å². The highest BCUT2D eigenvalue weighted by molar-refractivity contribution is 7.85. The fraction of sp³-hybridized carbons (Fsp3) is 0.448. The molecule has 0 bridgehead atoms. The van der Waals surface area contributed by atoms with E-state index < -0.39 is 15.6 Å². The van der Waals surface area contributed by atoms with Crippen molar-refractivity contribution < 1.29 is 17.7 Å². The van der Waals surface area contributed by atoms with Crippen molar-refractivity contribution in [3.63, 3.8) is 0 Å². The normalized spacial score (nSPS) is 19.2. The van der Waals surface area contributed by atoms with Crippen LogP contribution in [0.15, 0.2) is 60.7 Å². The van der Waals surface area contributed by atoms with Gasteiger partial charge in [-0.1, -0.05) is 93.1 Å². The predicted molar refractivity (Wildman–Crippen MR) is 137 cm³/mol. The van der Waals surface area contributed by atoms with Crippen LogP contribution in [0.1, 0.15) is 98.2 Å². The molecule has 0 amide bonds. The lowest BCUT2D eigenvalue weighted by Crippen LogP contribution is -2.21. The molecule has 2 aliphatic carbocycles. The molecule has 0 heterocycles. The minimum absolute atomic E-state index is 0.329. The molecule has 2 aliphatic rings. The van der Waals surface area contributed by atoms with Gasteiger partial charge in [-0.15, -0.1) is 0 Å². The average molecular weight is 479 g/mol. The van der Waals surface area contributed by atoms with Gasteiger partial charge in [-0.05, 0) is 59.9 Å². The maximum Gasteiger partial charge on any atom is 0.307 e. The van der Waals surface area contributed by atoms with Crippen LogP contribution in [0.3, 0.4) is 0 Å². The number of rotatable bonds is 6. The minimum atomic E-state index is -4.49. The summed E-state index contributed by atoms with van der Waals surface area (Å²) in [6.07, 6.45) is 11.5. The van der Waals surface area contributed by atoms with Gasteiger partial charge in [0.25, 0.3) is 0 Å². The Hall–Kier alpha value is -2.37. The Kier molecular flexibility index (Phi) is 6.94. The van der Waals surface area contributed by atoms with Crippen LogP contribution in [0.2, 0.25) is 0 Å². The summed E-state index contributed by atoms with van der Waals surface area (Å²) >= 11 is 0. The molecule has 3 aromatic carbocycles. The van der Waals surface area contributed by atoms with E-state index in [9.17, 15) is 13.0 Å². The van der Waals surface area contributed by atoms with E-state index in [1.54, 1.807) is 24.3 Å². The van der Waals surface area contributed by atoms with E-state index in [1.807, 2.05) is 6.07 Å². The molecule has 5 rings (SSSR count). The predicted octanol–water partition coefficient (Wildman–Crippen LogP) is 7.90. The number of ether oxygens (including phenoxy) is 1. The molecular weight excluding hydrogens is 444 g/mol. The highest BCUT2D eigenvalue weighted by Crippen LogP contribution is 2.49. The van der Waals surface area contributed by atoms with E-state index in [0.717, 1.165) is 42.2 Å². The molecule has 2 saturated carbocycles. The first-order valence-corrected chi connectivity index (χ1v) is 14.3. The monoisotopic (exact) mass is 478 g/mol. The molecule has 4 nitrogen and oxygen atoms in total. The zero-order valence-electron chi connectivity index (χ0n) is 19.7. The molecule has 34 heavy (non-hydrogen) atoms. The fourth-order valence-electron chi connectivity index (χ4n) is 6.04. The lowest BCUT2D eigenvalue weighted by Gasteiger charge is -2.32. The van der Waals surface area contributed by atoms with Gasteiger partial charge in [0.2, 0.25) is 5.44 Å². The maximum absolute atomic E-state index is 12.6. The Labute approximate surface area is 203 Å². The van der Waals surface area contributed by atoms with E-state index >= 15 is 0 Å². The number of fused-ring (bicyclic) bond motifs is 1. The van der Waals surface area contributed by atoms with Gasteiger partial charge >= 0.3 is 10.1 Å². The van der Waals surface area contributed by atoms with Gasteiger partial charge in [0.05, 0.1) is 0 Å². The lowest BCUT2D eigenvalue weighted by atomic mass is 9.77. The van der Waals surface area contributed by atoms with Crippen LogP contribution in [0.4, 0.5) is 0 Å². The number of benzene rings is 3. The fourth-order valence-corrected chi connectivity index (χ4v) is 6.76. The standard InChI is InChI=1S/C29H34O4S/c30-34(31,32)29(23-16-8-3-9-17-23)33-28-26(21-12-4-1-5-13-21)20-24-18-10-11-19-25(24)27(28)22-14-6-2-7-15-22/h3,8-11,16-22,29H,1-2,4-7,12-15H2,(H,30,31,32). The van der Waals surface area contributed by atoms with Crippen molar-refractivity contribution in [3.8, 4) is 5.75 Å². The highest BCUT2D eigenvalue weighted by Gasteiger charge is 2.33. The summed E-state index contributed by atoms with van der Waals surface area (Å²) in [5, 5.41) is 2.34. The molecule has 2 fully saturated rings. The van der Waals surface area contributed by atoms with Crippen LogP contribution in [0, 0.1) is 0 Å². The molecule has 5 heteroatoms. The van der Waals surface area contributed by atoms with Crippen LogP contribution in [-0.4, -0.2) is 13.0 Å². The summed E-state index contributed by atoms with van der Waals surface area (Å²) in [7, 11) is -4.49. The van der Waals surface area contributed by atoms with Crippen molar-refractivity contribution in [2.45, 2.75) is 81.5 Å². The Morgan fingerprint density at radius 3 is 2.00 bits per heavy atom. The third kappa shape index (κ3) is 4.87. The quantitative estimate of drug-likeness (QED) is 0.366. The Balaban J connectivity index is 1.73. The van der Waals surface area contributed by atoms with Gasteiger partial charge in [-0.25, -0.2) is 0 Å². The van der Waals surface area contributed by atoms with Crippen molar-refractivity contribution >= 4 is 20.9 Å². The largest absolute Gasteiger partial charge is 0.467 e. The van der Waals surface area contributed by atoms with Gasteiger partial charge in [0, 0.05) is 11.1 Å².